The van der Waals surface area contributed by atoms with Crippen molar-refractivity contribution in [2.24, 2.45) is 0 Å². The van der Waals surface area contributed by atoms with E-state index in [1.165, 1.54) is 11.0 Å². The van der Waals surface area contributed by atoms with Crippen molar-refractivity contribution in [2.45, 2.75) is 19.6 Å². The van der Waals surface area contributed by atoms with Crippen molar-refractivity contribution in [1.82, 2.24) is 14.8 Å². The standard InChI is InChI=1S/C24H19F2N3O2/c1-16(23(30)21-12-9-19(25)13-22(21)26)29-15-27-24(28-29)18-7-10-20(11-8-18)31-14-17-5-3-2-4-6-17/h2-13,15-16H,14H2,1H3. The van der Waals surface area contributed by atoms with Crippen molar-refractivity contribution >= 4 is 5.78 Å². The lowest BCUT2D eigenvalue weighted by Crippen LogP contribution is -2.18. The molecule has 4 aromatic rings. The number of hydrogen-bond acceptors (Lipinski definition) is 4. The fraction of sp³-hybridized carbons (Fsp3) is 0.125. The molecule has 0 bridgehead atoms. The Morgan fingerprint density at radius 2 is 1.77 bits per heavy atom. The van der Waals surface area contributed by atoms with Gasteiger partial charge in [0.15, 0.2) is 11.6 Å². The first-order valence-electron chi connectivity index (χ1n) is 9.69. The van der Waals surface area contributed by atoms with Gasteiger partial charge in [0.25, 0.3) is 0 Å². The maximum absolute atomic E-state index is 13.9. The number of rotatable bonds is 7. The molecule has 3 aromatic carbocycles. The highest BCUT2D eigenvalue weighted by atomic mass is 19.1. The second-order valence-corrected chi connectivity index (χ2v) is 7.01. The van der Waals surface area contributed by atoms with Gasteiger partial charge in [-0.3, -0.25) is 4.79 Å². The summed E-state index contributed by atoms with van der Waals surface area (Å²) in [4.78, 5) is 16.8. The fourth-order valence-electron chi connectivity index (χ4n) is 3.07. The predicted octanol–water partition coefficient (Wildman–Crippen LogP) is 5.25. The molecule has 0 saturated carbocycles. The zero-order chi connectivity index (χ0) is 21.8. The average Bonchev–Trinajstić information content (AvgIpc) is 3.28. The number of halogens is 2. The van der Waals surface area contributed by atoms with Gasteiger partial charge >= 0.3 is 0 Å². The lowest BCUT2D eigenvalue weighted by molar-refractivity contribution is 0.0924. The van der Waals surface area contributed by atoms with Crippen LogP contribution in [-0.4, -0.2) is 20.5 Å². The molecule has 0 radical (unpaired) electrons. The number of ether oxygens (including phenoxy) is 1. The molecule has 0 aliphatic rings. The van der Waals surface area contributed by atoms with E-state index < -0.39 is 23.5 Å². The van der Waals surface area contributed by atoms with E-state index in [1.807, 2.05) is 54.6 Å². The Labute approximate surface area is 177 Å². The molecule has 31 heavy (non-hydrogen) atoms. The summed E-state index contributed by atoms with van der Waals surface area (Å²) < 4.78 is 34.2. The van der Waals surface area contributed by atoms with Crippen LogP contribution in [0.5, 0.6) is 5.75 Å². The highest BCUT2D eigenvalue weighted by Gasteiger charge is 2.22. The third-order valence-corrected chi connectivity index (χ3v) is 4.84. The van der Waals surface area contributed by atoms with Gasteiger partial charge in [-0.1, -0.05) is 30.3 Å². The molecule has 7 heteroatoms. The van der Waals surface area contributed by atoms with E-state index in [2.05, 4.69) is 10.1 Å². The topological polar surface area (TPSA) is 57.0 Å². The van der Waals surface area contributed by atoms with Crippen LogP contribution in [0.4, 0.5) is 8.78 Å². The van der Waals surface area contributed by atoms with Gasteiger partial charge in [-0.05, 0) is 48.9 Å². The largest absolute Gasteiger partial charge is 0.489 e. The lowest BCUT2D eigenvalue weighted by Gasteiger charge is -2.11. The minimum Gasteiger partial charge on any atom is -0.489 e. The van der Waals surface area contributed by atoms with Gasteiger partial charge in [-0.15, -0.1) is 0 Å². The molecule has 4 rings (SSSR count). The van der Waals surface area contributed by atoms with Gasteiger partial charge in [0.1, 0.15) is 36.4 Å². The van der Waals surface area contributed by atoms with Crippen molar-refractivity contribution in [3.63, 3.8) is 0 Å². The van der Waals surface area contributed by atoms with Crippen molar-refractivity contribution in [1.29, 1.82) is 0 Å². The fourth-order valence-corrected chi connectivity index (χ4v) is 3.07. The Hall–Kier alpha value is -3.87. The molecule has 0 spiro atoms. The number of benzene rings is 3. The number of aromatic nitrogens is 3. The summed E-state index contributed by atoms with van der Waals surface area (Å²) in [5.41, 5.74) is 1.63. The van der Waals surface area contributed by atoms with Crippen molar-refractivity contribution in [2.75, 3.05) is 0 Å². The quantitative estimate of drug-likeness (QED) is 0.384. The molecule has 1 atom stereocenters. The third kappa shape index (κ3) is 4.66. The molecule has 0 saturated heterocycles. The van der Waals surface area contributed by atoms with E-state index in [9.17, 15) is 13.6 Å². The van der Waals surface area contributed by atoms with Crippen molar-refractivity contribution in [3.8, 4) is 17.1 Å². The van der Waals surface area contributed by atoms with Crippen LogP contribution in [0.15, 0.2) is 79.1 Å². The maximum Gasteiger partial charge on any atom is 0.190 e. The molecule has 0 amide bonds. The van der Waals surface area contributed by atoms with Crippen LogP contribution < -0.4 is 4.74 Å². The molecule has 0 aliphatic carbocycles. The van der Waals surface area contributed by atoms with Crippen LogP contribution in [0, 0.1) is 11.6 Å². The SMILES string of the molecule is CC(C(=O)c1ccc(F)cc1F)n1cnc(-c2ccc(OCc3ccccc3)cc2)n1. The molecule has 1 unspecified atom stereocenters. The minimum atomic E-state index is -0.900. The summed E-state index contributed by atoms with van der Waals surface area (Å²) in [6.45, 7) is 2.05. The Kier molecular flexibility index (Phi) is 5.84. The average molecular weight is 419 g/mol. The molecule has 1 heterocycles. The Balaban J connectivity index is 1.44. The smallest absolute Gasteiger partial charge is 0.190 e. The molecular weight excluding hydrogens is 400 g/mol. The van der Waals surface area contributed by atoms with Gasteiger partial charge in [-0.2, -0.15) is 5.10 Å². The van der Waals surface area contributed by atoms with Crippen LogP contribution in [0.2, 0.25) is 0 Å². The predicted molar refractivity (Wildman–Crippen MR) is 112 cm³/mol. The van der Waals surface area contributed by atoms with Crippen LogP contribution in [0.3, 0.4) is 0 Å². The summed E-state index contributed by atoms with van der Waals surface area (Å²) >= 11 is 0. The summed E-state index contributed by atoms with van der Waals surface area (Å²) in [7, 11) is 0. The maximum atomic E-state index is 13.9. The first kappa shape index (κ1) is 20.4. The Morgan fingerprint density at radius 1 is 1.03 bits per heavy atom. The number of carbonyl (C=O) groups excluding carboxylic acids is 1. The van der Waals surface area contributed by atoms with Crippen molar-refractivity contribution in [3.05, 3.63) is 102 Å². The van der Waals surface area contributed by atoms with Crippen LogP contribution in [0.25, 0.3) is 11.4 Å². The first-order chi connectivity index (χ1) is 15.0. The number of carbonyl (C=O) groups is 1. The summed E-state index contributed by atoms with van der Waals surface area (Å²) in [5.74, 6) is -1.01. The van der Waals surface area contributed by atoms with Gasteiger partial charge in [0.05, 0.1) is 5.56 Å². The molecule has 0 N–H and O–H groups in total. The Bertz CT molecular complexity index is 1190. The normalized spacial score (nSPS) is 11.8. The van der Waals surface area contributed by atoms with E-state index in [-0.39, 0.29) is 5.56 Å². The second-order valence-electron chi connectivity index (χ2n) is 7.01. The molecular formula is C24H19F2N3O2. The first-order valence-corrected chi connectivity index (χ1v) is 9.69. The number of hydrogen-bond donors (Lipinski definition) is 0. The highest BCUT2D eigenvalue weighted by molar-refractivity contribution is 5.98. The van der Waals surface area contributed by atoms with Crippen LogP contribution >= 0.6 is 0 Å². The number of Topliss-reactive ketones (excluding diaryl/α,β-unsaturated/α-hetero) is 1. The van der Waals surface area contributed by atoms with Gasteiger partial charge in [0, 0.05) is 11.6 Å². The van der Waals surface area contributed by atoms with E-state index >= 15 is 0 Å². The van der Waals surface area contributed by atoms with E-state index in [4.69, 9.17) is 4.74 Å². The summed E-state index contributed by atoms with van der Waals surface area (Å²) in [6.07, 6.45) is 1.42. The lowest BCUT2D eigenvalue weighted by atomic mass is 10.1. The van der Waals surface area contributed by atoms with Crippen molar-refractivity contribution < 1.29 is 18.3 Å². The summed E-state index contributed by atoms with van der Waals surface area (Å²) in [6, 6.07) is 19.2. The number of nitrogens with zero attached hydrogens (tertiary/aromatic N) is 3. The zero-order valence-corrected chi connectivity index (χ0v) is 16.7. The van der Waals surface area contributed by atoms with E-state index in [0.717, 1.165) is 23.3 Å². The number of ketones is 1. The van der Waals surface area contributed by atoms with Gasteiger partial charge in [0.2, 0.25) is 0 Å². The summed E-state index contributed by atoms with van der Waals surface area (Å²) in [5, 5.41) is 4.34. The molecule has 0 fully saturated rings. The third-order valence-electron chi connectivity index (χ3n) is 4.84. The molecule has 156 valence electrons. The Morgan fingerprint density at radius 3 is 2.48 bits per heavy atom. The van der Waals surface area contributed by atoms with Crippen LogP contribution in [0.1, 0.15) is 28.9 Å². The van der Waals surface area contributed by atoms with E-state index in [0.29, 0.717) is 24.2 Å². The highest BCUT2D eigenvalue weighted by Crippen LogP contribution is 2.22. The molecule has 5 nitrogen and oxygen atoms in total. The van der Waals surface area contributed by atoms with Crippen LogP contribution in [-0.2, 0) is 6.61 Å². The minimum absolute atomic E-state index is 0.189. The van der Waals surface area contributed by atoms with Gasteiger partial charge < -0.3 is 4.74 Å². The second kappa shape index (κ2) is 8.87. The van der Waals surface area contributed by atoms with E-state index in [1.54, 1.807) is 6.92 Å². The molecule has 0 aliphatic heterocycles. The molecule has 1 aromatic heterocycles. The van der Waals surface area contributed by atoms with Gasteiger partial charge in [-0.25, -0.2) is 18.4 Å². The monoisotopic (exact) mass is 419 g/mol. The zero-order valence-electron chi connectivity index (χ0n) is 16.7.